The number of rotatable bonds is 5. The average molecular weight is 431 g/mol. The molecule has 3 aromatic carbocycles. The molecular formula is C23H17N3O4S. The highest BCUT2D eigenvalue weighted by molar-refractivity contribution is 7.80. The summed E-state index contributed by atoms with van der Waals surface area (Å²) in [5, 5.41) is 9.68. The minimum Gasteiger partial charge on any atom is -0.484 e. The highest BCUT2D eigenvalue weighted by Crippen LogP contribution is 2.19. The number of carbonyl (C=O) groups is 3. The van der Waals surface area contributed by atoms with Gasteiger partial charge in [-0.1, -0.05) is 42.5 Å². The smallest absolute Gasteiger partial charge is 0.263 e. The summed E-state index contributed by atoms with van der Waals surface area (Å²) in [6.07, 6.45) is 1.45. The van der Waals surface area contributed by atoms with E-state index in [1.54, 1.807) is 24.3 Å². The summed E-state index contributed by atoms with van der Waals surface area (Å²) in [5.74, 6) is -0.915. The van der Waals surface area contributed by atoms with E-state index in [0.29, 0.717) is 17.0 Å². The van der Waals surface area contributed by atoms with Gasteiger partial charge < -0.3 is 10.1 Å². The van der Waals surface area contributed by atoms with Crippen LogP contribution in [0.4, 0.5) is 5.69 Å². The fourth-order valence-electron chi connectivity index (χ4n) is 3.05. The number of hydrogen-bond donors (Lipinski definition) is 3. The molecule has 3 N–H and O–H groups in total. The Balaban J connectivity index is 1.35. The number of anilines is 1. The van der Waals surface area contributed by atoms with Crippen molar-refractivity contribution >= 4 is 57.6 Å². The molecule has 154 valence electrons. The third-order valence-corrected chi connectivity index (χ3v) is 4.74. The van der Waals surface area contributed by atoms with Gasteiger partial charge in [-0.2, -0.15) is 0 Å². The second kappa shape index (κ2) is 8.76. The Hall–Kier alpha value is -4.04. The molecule has 4 rings (SSSR count). The van der Waals surface area contributed by atoms with Crippen molar-refractivity contribution in [3.05, 3.63) is 77.9 Å². The Kier molecular flexibility index (Phi) is 5.72. The molecule has 0 unspecified atom stereocenters. The van der Waals surface area contributed by atoms with Crippen LogP contribution in [-0.4, -0.2) is 29.4 Å². The first kappa shape index (κ1) is 20.2. The zero-order valence-electron chi connectivity index (χ0n) is 16.2. The molecule has 31 heavy (non-hydrogen) atoms. The number of nitrogens with one attached hydrogen (secondary N) is 3. The van der Waals surface area contributed by atoms with Crippen LogP contribution in [0.25, 0.3) is 16.8 Å². The van der Waals surface area contributed by atoms with E-state index < -0.39 is 11.8 Å². The third-order valence-electron chi connectivity index (χ3n) is 4.54. The lowest BCUT2D eigenvalue weighted by Crippen LogP contribution is -2.51. The predicted octanol–water partition coefficient (Wildman–Crippen LogP) is 2.77. The topological polar surface area (TPSA) is 96.5 Å². The molecule has 0 aliphatic carbocycles. The maximum atomic E-state index is 12.2. The molecule has 1 aliphatic rings. The lowest BCUT2D eigenvalue weighted by atomic mass is 10.1. The van der Waals surface area contributed by atoms with Gasteiger partial charge in [-0.15, -0.1) is 0 Å². The minimum atomic E-state index is -0.556. The summed E-state index contributed by atoms with van der Waals surface area (Å²) in [6, 6.07) is 20.2. The predicted molar refractivity (Wildman–Crippen MR) is 121 cm³/mol. The monoisotopic (exact) mass is 431 g/mol. The van der Waals surface area contributed by atoms with E-state index in [1.165, 1.54) is 6.08 Å². The van der Waals surface area contributed by atoms with Crippen LogP contribution in [0.15, 0.2) is 72.3 Å². The molecule has 1 saturated heterocycles. The molecule has 0 aromatic heterocycles. The Morgan fingerprint density at radius 2 is 1.61 bits per heavy atom. The number of fused-ring (bicyclic) bond motifs is 1. The van der Waals surface area contributed by atoms with Crippen LogP contribution in [0, 0.1) is 0 Å². The molecule has 0 atom stereocenters. The SMILES string of the molecule is O=C(COc1ccc(C=C2C(=O)NC(=S)NC2=O)cc1)Nc1ccc2ccccc2c1. The fourth-order valence-corrected chi connectivity index (χ4v) is 3.23. The number of carbonyl (C=O) groups excluding carboxylic acids is 3. The van der Waals surface area contributed by atoms with E-state index in [9.17, 15) is 14.4 Å². The van der Waals surface area contributed by atoms with Gasteiger partial charge in [-0.05, 0) is 58.9 Å². The van der Waals surface area contributed by atoms with Crippen molar-refractivity contribution in [3.8, 4) is 5.75 Å². The fraction of sp³-hybridized carbons (Fsp3) is 0.0435. The zero-order chi connectivity index (χ0) is 21.8. The van der Waals surface area contributed by atoms with Gasteiger partial charge in [0.05, 0.1) is 0 Å². The molecule has 7 nitrogen and oxygen atoms in total. The van der Waals surface area contributed by atoms with Crippen LogP contribution >= 0.6 is 12.2 Å². The van der Waals surface area contributed by atoms with Crippen LogP contribution in [0.5, 0.6) is 5.75 Å². The molecule has 3 amide bonds. The molecule has 1 fully saturated rings. The van der Waals surface area contributed by atoms with Crippen LogP contribution in [-0.2, 0) is 14.4 Å². The van der Waals surface area contributed by atoms with Crippen molar-refractivity contribution in [2.24, 2.45) is 0 Å². The molecule has 8 heteroatoms. The van der Waals surface area contributed by atoms with Gasteiger partial charge >= 0.3 is 0 Å². The Labute approximate surface area is 183 Å². The average Bonchev–Trinajstić information content (AvgIpc) is 2.75. The summed E-state index contributed by atoms with van der Waals surface area (Å²) >= 11 is 4.77. The zero-order valence-corrected chi connectivity index (χ0v) is 17.0. The van der Waals surface area contributed by atoms with E-state index in [1.807, 2.05) is 42.5 Å². The second-order valence-corrected chi connectivity index (χ2v) is 7.17. The van der Waals surface area contributed by atoms with Gasteiger partial charge in [0, 0.05) is 5.69 Å². The maximum absolute atomic E-state index is 12.2. The molecule has 3 aromatic rings. The summed E-state index contributed by atoms with van der Waals surface area (Å²) in [7, 11) is 0. The van der Waals surface area contributed by atoms with Crippen molar-refractivity contribution in [2.45, 2.75) is 0 Å². The van der Waals surface area contributed by atoms with E-state index in [0.717, 1.165) is 10.8 Å². The third kappa shape index (κ3) is 4.93. The van der Waals surface area contributed by atoms with Crippen molar-refractivity contribution in [3.63, 3.8) is 0 Å². The van der Waals surface area contributed by atoms with Crippen LogP contribution in [0.1, 0.15) is 5.56 Å². The maximum Gasteiger partial charge on any atom is 0.263 e. The molecule has 1 aliphatic heterocycles. The van der Waals surface area contributed by atoms with Crippen LogP contribution in [0.2, 0.25) is 0 Å². The molecule has 0 spiro atoms. The number of hydrogen-bond acceptors (Lipinski definition) is 5. The number of amides is 3. The van der Waals surface area contributed by atoms with Gasteiger partial charge in [-0.25, -0.2) is 0 Å². The van der Waals surface area contributed by atoms with Gasteiger partial charge in [0.15, 0.2) is 11.7 Å². The van der Waals surface area contributed by atoms with Gasteiger partial charge in [0.2, 0.25) is 0 Å². The van der Waals surface area contributed by atoms with Gasteiger partial charge in [0.25, 0.3) is 17.7 Å². The summed E-state index contributed by atoms with van der Waals surface area (Å²) in [4.78, 5) is 36.0. The van der Waals surface area contributed by atoms with Crippen molar-refractivity contribution in [1.82, 2.24) is 10.6 Å². The lowest BCUT2D eigenvalue weighted by molar-refractivity contribution is -0.123. The number of thiocarbonyl (C=S) groups is 1. The van der Waals surface area contributed by atoms with E-state index >= 15 is 0 Å². The Bertz CT molecular complexity index is 1210. The summed E-state index contributed by atoms with van der Waals surface area (Å²) < 4.78 is 5.52. The van der Waals surface area contributed by atoms with E-state index in [2.05, 4.69) is 16.0 Å². The Morgan fingerprint density at radius 3 is 2.32 bits per heavy atom. The largest absolute Gasteiger partial charge is 0.484 e. The van der Waals surface area contributed by atoms with Crippen LogP contribution < -0.4 is 20.7 Å². The lowest BCUT2D eigenvalue weighted by Gasteiger charge is -2.16. The van der Waals surface area contributed by atoms with Gasteiger partial charge in [-0.3, -0.25) is 25.0 Å². The quantitative estimate of drug-likeness (QED) is 0.328. The van der Waals surface area contributed by atoms with Gasteiger partial charge in [0.1, 0.15) is 11.3 Å². The number of ether oxygens (including phenoxy) is 1. The summed E-state index contributed by atoms with van der Waals surface area (Å²) in [6.45, 7) is -0.157. The first-order valence-corrected chi connectivity index (χ1v) is 9.79. The molecule has 0 radical (unpaired) electrons. The van der Waals surface area contributed by atoms with Crippen LogP contribution in [0.3, 0.4) is 0 Å². The highest BCUT2D eigenvalue weighted by Gasteiger charge is 2.25. The van der Waals surface area contributed by atoms with Crippen molar-refractivity contribution < 1.29 is 19.1 Å². The Morgan fingerprint density at radius 1 is 0.935 bits per heavy atom. The normalized spacial score (nSPS) is 13.4. The second-order valence-electron chi connectivity index (χ2n) is 6.76. The summed E-state index contributed by atoms with van der Waals surface area (Å²) in [5.41, 5.74) is 1.27. The standard InChI is InChI=1S/C23H17N3O4S/c27-20(24-17-8-7-15-3-1-2-4-16(15)12-17)13-30-18-9-5-14(6-10-18)11-19-21(28)25-23(31)26-22(19)29/h1-12H,13H2,(H,24,27)(H2,25,26,28,29,31). The van der Waals surface area contributed by atoms with E-state index in [-0.39, 0.29) is 23.2 Å². The first-order chi connectivity index (χ1) is 15.0. The van der Waals surface area contributed by atoms with E-state index in [4.69, 9.17) is 17.0 Å². The highest BCUT2D eigenvalue weighted by atomic mass is 32.1. The molecule has 0 saturated carbocycles. The van der Waals surface area contributed by atoms with Crippen molar-refractivity contribution in [1.29, 1.82) is 0 Å². The van der Waals surface area contributed by atoms with Crippen molar-refractivity contribution in [2.75, 3.05) is 11.9 Å². The molecular weight excluding hydrogens is 414 g/mol. The minimum absolute atomic E-state index is 0.0159. The number of benzene rings is 3. The first-order valence-electron chi connectivity index (χ1n) is 9.38. The molecule has 0 bridgehead atoms. The molecule has 1 heterocycles.